The molecule has 1 heterocycles. The summed E-state index contributed by atoms with van der Waals surface area (Å²) in [5.74, 6) is 0. The molecule has 1 aliphatic heterocycles. The van der Waals surface area contributed by atoms with Crippen molar-refractivity contribution in [2.75, 3.05) is 26.7 Å². The highest BCUT2D eigenvalue weighted by molar-refractivity contribution is 4.61. The number of nitrogens with two attached hydrogens (primary N) is 1. The number of morpholine rings is 1. The third-order valence-electron chi connectivity index (χ3n) is 1.30. The van der Waals surface area contributed by atoms with Crippen LogP contribution in [0.15, 0.2) is 0 Å². The largest absolute Gasteiger partial charge is 0.361 e. The molecule has 1 saturated heterocycles. The molecule has 0 saturated carbocycles. The molecule has 0 aromatic rings. The Morgan fingerprint density at radius 3 is 2.40 bits per heavy atom. The molecule has 0 aromatic carbocycles. The molecular formula is C7H18N2O. The first-order valence-electron chi connectivity index (χ1n) is 3.85. The molecule has 0 aliphatic carbocycles. The fraction of sp³-hybridized carbons (Fsp3) is 1.00. The lowest BCUT2D eigenvalue weighted by molar-refractivity contribution is -0.0154. The van der Waals surface area contributed by atoms with E-state index in [9.17, 15) is 0 Å². The lowest BCUT2D eigenvalue weighted by Gasteiger charge is -2.26. The smallest absolute Gasteiger partial charge is 0.118 e. The van der Waals surface area contributed by atoms with E-state index in [-0.39, 0.29) is 6.23 Å². The van der Waals surface area contributed by atoms with Crippen molar-refractivity contribution in [3.8, 4) is 0 Å². The van der Waals surface area contributed by atoms with Crippen LogP contribution in [0.3, 0.4) is 0 Å². The lowest BCUT2D eigenvalue weighted by atomic mass is 10.4. The molecule has 62 valence electrons. The van der Waals surface area contributed by atoms with Crippen LogP contribution in [0.4, 0.5) is 0 Å². The fourth-order valence-electron chi connectivity index (χ4n) is 0.811. The van der Waals surface area contributed by atoms with Crippen molar-refractivity contribution >= 4 is 0 Å². The Hall–Kier alpha value is -0.120. The average Bonchev–Trinajstić information content (AvgIpc) is 1.91. The van der Waals surface area contributed by atoms with E-state index in [0.717, 1.165) is 19.7 Å². The molecular weight excluding hydrogens is 128 g/mol. The molecule has 3 heteroatoms. The van der Waals surface area contributed by atoms with Crippen molar-refractivity contribution < 1.29 is 4.74 Å². The van der Waals surface area contributed by atoms with Gasteiger partial charge in [-0.2, -0.15) is 0 Å². The molecule has 0 bridgehead atoms. The Morgan fingerprint density at radius 2 is 2.10 bits per heavy atom. The van der Waals surface area contributed by atoms with Gasteiger partial charge in [-0.3, -0.25) is 0 Å². The van der Waals surface area contributed by atoms with E-state index in [2.05, 4.69) is 4.90 Å². The van der Waals surface area contributed by atoms with Gasteiger partial charge in [0.15, 0.2) is 0 Å². The van der Waals surface area contributed by atoms with Crippen LogP contribution in [-0.4, -0.2) is 37.9 Å². The van der Waals surface area contributed by atoms with Gasteiger partial charge in [-0.1, -0.05) is 13.8 Å². The highest BCUT2D eigenvalue weighted by atomic mass is 16.5. The lowest BCUT2D eigenvalue weighted by Crippen LogP contribution is -2.44. The standard InChI is InChI=1S/C5H12N2O.C2H6/c1-7-2-3-8-5(6)4-7;1-2/h5H,2-4,6H2,1H3;1-2H3. The first-order chi connectivity index (χ1) is 4.79. The Morgan fingerprint density at radius 1 is 1.50 bits per heavy atom. The SMILES string of the molecule is CC.CN1CCOC(N)C1. The van der Waals surface area contributed by atoms with Gasteiger partial charge in [0.1, 0.15) is 6.23 Å². The molecule has 3 nitrogen and oxygen atoms in total. The van der Waals surface area contributed by atoms with Crippen molar-refractivity contribution in [1.82, 2.24) is 4.90 Å². The van der Waals surface area contributed by atoms with Gasteiger partial charge in [-0.05, 0) is 7.05 Å². The summed E-state index contributed by atoms with van der Waals surface area (Å²) in [6.45, 7) is 6.64. The predicted molar refractivity (Wildman–Crippen MR) is 42.8 cm³/mol. The number of likely N-dealkylation sites (N-methyl/N-ethyl adjacent to an activating group) is 1. The topological polar surface area (TPSA) is 38.5 Å². The molecule has 0 radical (unpaired) electrons. The Bertz CT molecular complexity index is 70.0. The molecule has 1 atom stereocenters. The van der Waals surface area contributed by atoms with Gasteiger partial charge in [0, 0.05) is 13.1 Å². The maximum atomic E-state index is 5.46. The summed E-state index contributed by atoms with van der Waals surface area (Å²) in [4.78, 5) is 2.16. The van der Waals surface area contributed by atoms with Gasteiger partial charge < -0.3 is 15.4 Å². The maximum Gasteiger partial charge on any atom is 0.118 e. The van der Waals surface area contributed by atoms with Crippen LogP contribution in [0.5, 0.6) is 0 Å². The minimum absolute atomic E-state index is 0.0613. The molecule has 1 unspecified atom stereocenters. The maximum absolute atomic E-state index is 5.46. The summed E-state index contributed by atoms with van der Waals surface area (Å²) in [5, 5.41) is 0. The number of hydrogen-bond donors (Lipinski definition) is 1. The molecule has 2 N–H and O–H groups in total. The van der Waals surface area contributed by atoms with E-state index in [1.54, 1.807) is 0 Å². The summed E-state index contributed by atoms with van der Waals surface area (Å²) in [7, 11) is 2.04. The second-order valence-electron chi connectivity index (χ2n) is 2.17. The van der Waals surface area contributed by atoms with Crippen molar-refractivity contribution in [1.29, 1.82) is 0 Å². The van der Waals surface area contributed by atoms with Crippen LogP contribution in [0.2, 0.25) is 0 Å². The monoisotopic (exact) mass is 146 g/mol. The minimum Gasteiger partial charge on any atom is -0.361 e. The number of nitrogens with zero attached hydrogens (tertiary/aromatic N) is 1. The molecule has 10 heavy (non-hydrogen) atoms. The summed E-state index contributed by atoms with van der Waals surface area (Å²) in [6, 6.07) is 0. The van der Waals surface area contributed by atoms with E-state index >= 15 is 0 Å². The minimum atomic E-state index is -0.0613. The average molecular weight is 146 g/mol. The zero-order valence-corrected chi connectivity index (χ0v) is 7.13. The third kappa shape index (κ3) is 3.82. The van der Waals surface area contributed by atoms with Gasteiger partial charge >= 0.3 is 0 Å². The first-order valence-corrected chi connectivity index (χ1v) is 3.85. The van der Waals surface area contributed by atoms with Gasteiger partial charge in [0.25, 0.3) is 0 Å². The van der Waals surface area contributed by atoms with E-state index < -0.39 is 0 Å². The highest BCUT2D eigenvalue weighted by Crippen LogP contribution is 1.95. The quantitative estimate of drug-likeness (QED) is 0.533. The van der Waals surface area contributed by atoms with Crippen molar-refractivity contribution in [2.45, 2.75) is 20.1 Å². The van der Waals surface area contributed by atoms with Gasteiger partial charge in [-0.25, -0.2) is 0 Å². The zero-order valence-electron chi connectivity index (χ0n) is 7.13. The summed E-state index contributed by atoms with van der Waals surface area (Å²) in [6.07, 6.45) is -0.0613. The van der Waals surface area contributed by atoms with E-state index in [1.807, 2.05) is 20.9 Å². The Labute approximate surface area is 63.1 Å². The third-order valence-corrected chi connectivity index (χ3v) is 1.30. The van der Waals surface area contributed by atoms with E-state index in [0.29, 0.717) is 0 Å². The van der Waals surface area contributed by atoms with E-state index in [1.165, 1.54) is 0 Å². The first kappa shape index (κ1) is 9.88. The van der Waals surface area contributed by atoms with Crippen LogP contribution >= 0.6 is 0 Å². The molecule has 1 rings (SSSR count). The predicted octanol–water partition coefficient (Wildman–Crippen LogP) is 0.259. The summed E-state index contributed by atoms with van der Waals surface area (Å²) < 4.78 is 5.08. The Balaban J connectivity index is 0.000000371. The second kappa shape index (κ2) is 5.65. The van der Waals surface area contributed by atoms with Crippen molar-refractivity contribution in [3.63, 3.8) is 0 Å². The van der Waals surface area contributed by atoms with Gasteiger partial charge in [-0.15, -0.1) is 0 Å². The van der Waals surface area contributed by atoms with Crippen LogP contribution < -0.4 is 5.73 Å². The molecule has 0 spiro atoms. The number of ether oxygens (including phenoxy) is 1. The van der Waals surface area contributed by atoms with Crippen LogP contribution in [0.1, 0.15) is 13.8 Å². The van der Waals surface area contributed by atoms with Crippen molar-refractivity contribution in [3.05, 3.63) is 0 Å². The van der Waals surface area contributed by atoms with E-state index in [4.69, 9.17) is 10.5 Å². The molecule has 0 aromatic heterocycles. The fourth-order valence-corrected chi connectivity index (χ4v) is 0.811. The normalized spacial score (nSPS) is 27.0. The zero-order chi connectivity index (χ0) is 7.98. The number of hydrogen-bond acceptors (Lipinski definition) is 3. The van der Waals surface area contributed by atoms with Gasteiger partial charge in [0.2, 0.25) is 0 Å². The highest BCUT2D eigenvalue weighted by Gasteiger charge is 2.11. The molecule has 1 fully saturated rings. The second-order valence-corrected chi connectivity index (χ2v) is 2.17. The van der Waals surface area contributed by atoms with Crippen LogP contribution in [0, 0.1) is 0 Å². The summed E-state index contributed by atoms with van der Waals surface area (Å²) >= 11 is 0. The number of rotatable bonds is 0. The van der Waals surface area contributed by atoms with Crippen LogP contribution in [0.25, 0.3) is 0 Å². The molecule has 0 amide bonds. The van der Waals surface area contributed by atoms with Gasteiger partial charge in [0.05, 0.1) is 6.61 Å². The van der Waals surface area contributed by atoms with Crippen molar-refractivity contribution in [2.24, 2.45) is 5.73 Å². The molecule has 1 aliphatic rings. The summed E-state index contributed by atoms with van der Waals surface area (Å²) in [5.41, 5.74) is 5.46. The Kier molecular flexibility index (Phi) is 5.58. The van der Waals surface area contributed by atoms with Crippen LogP contribution in [-0.2, 0) is 4.74 Å².